The Hall–Kier alpha value is -0.940. The molecule has 0 bridgehead atoms. The summed E-state index contributed by atoms with van der Waals surface area (Å²) in [6.07, 6.45) is 3.61. The Morgan fingerprint density at radius 1 is 1.47 bits per heavy atom. The Kier molecular flexibility index (Phi) is 6.15. The number of rotatable bonds is 8. The van der Waals surface area contributed by atoms with Gasteiger partial charge in [-0.1, -0.05) is 18.5 Å². The lowest BCUT2D eigenvalue weighted by Crippen LogP contribution is -2.22. The van der Waals surface area contributed by atoms with Gasteiger partial charge in [-0.2, -0.15) is 4.98 Å². The van der Waals surface area contributed by atoms with E-state index in [2.05, 4.69) is 22.0 Å². The highest BCUT2D eigenvalue weighted by molar-refractivity contribution is 4.86. The number of unbranched alkanes of at least 4 members (excludes halogenated alkanes) is 1. The van der Waals surface area contributed by atoms with Crippen LogP contribution in [-0.2, 0) is 13.0 Å². The van der Waals surface area contributed by atoms with E-state index in [1.807, 2.05) is 7.05 Å². The van der Waals surface area contributed by atoms with Crippen LogP contribution in [0.2, 0.25) is 0 Å². The first-order valence-electron chi connectivity index (χ1n) is 6.30. The monoisotopic (exact) mass is 241 g/mol. The van der Waals surface area contributed by atoms with Crippen LogP contribution < -0.4 is 0 Å². The third-order valence-electron chi connectivity index (χ3n) is 2.60. The second-order valence-electron chi connectivity index (χ2n) is 4.58. The first-order valence-corrected chi connectivity index (χ1v) is 6.30. The lowest BCUT2D eigenvalue weighted by Gasteiger charge is -2.14. The highest BCUT2D eigenvalue weighted by Crippen LogP contribution is 2.05. The van der Waals surface area contributed by atoms with Crippen LogP contribution in [0.5, 0.6) is 0 Å². The fourth-order valence-corrected chi connectivity index (χ4v) is 1.51. The fraction of sp³-hybridized carbons (Fsp3) is 0.833. The van der Waals surface area contributed by atoms with E-state index >= 15 is 0 Å². The molecule has 0 spiro atoms. The van der Waals surface area contributed by atoms with Crippen LogP contribution in [0, 0.1) is 0 Å². The number of nitrogens with zero attached hydrogens (tertiary/aromatic N) is 3. The van der Waals surface area contributed by atoms with Crippen LogP contribution in [0.15, 0.2) is 4.52 Å². The van der Waals surface area contributed by atoms with Gasteiger partial charge < -0.3 is 9.63 Å². The highest BCUT2D eigenvalue weighted by atomic mass is 16.5. The van der Waals surface area contributed by atoms with Crippen molar-refractivity contribution in [1.82, 2.24) is 15.0 Å². The quantitative estimate of drug-likeness (QED) is 0.749. The topological polar surface area (TPSA) is 62.4 Å². The van der Waals surface area contributed by atoms with Crippen molar-refractivity contribution in [3.8, 4) is 0 Å². The Morgan fingerprint density at radius 2 is 2.24 bits per heavy atom. The Bertz CT molecular complexity index is 312. The molecule has 0 fully saturated rings. The number of hydrogen-bond acceptors (Lipinski definition) is 5. The maximum absolute atomic E-state index is 9.19. The third-order valence-corrected chi connectivity index (χ3v) is 2.60. The van der Waals surface area contributed by atoms with Gasteiger partial charge in [-0.25, -0.2) is 0 Å². The van der Waals surface area contributed by atoms with Crippen molar-refractivity contribution < 1.29 is 9.63 Å². The number of aromatic nitrogens is 2. The van der Waals surface area contributed by atoms with Gasteiger partial charge in [0.25, 0.3) is 0 Å². The summed E-state index contributed by atoms with van der Waals surface area (Å²) in [5.74, 6) is 1.45. The minimum Gasteiger partial charge on any atom is -0.393 e. The van der Waals surface area contributed by atoms with Gasteiger partial charge in [-0.15, -0.1) is 0 Å². The molecule has 1 N–H and O–H groups in total. The van der Waals surface area contributed by atoms with Crippen LogP contribution >= 0.6 is 0 Å². The van der Waals surface area contributed by atoms with E-state index in [1.165, 1.54) is 0 Å². The van der Waals surface area contributed by atoms with Crippen molar-refractivity contribution in [1.29, 1.82) is 0 Å². The van der Waals surface area contributed by atoms with Gasteiger partial charge in [0.2, 0.25) is 5.89 Å². The van der Waals surface area contributed by atoms with Gasteiger partial charge >= 0.3 is 0 Å². The standard InChI is InChI=1S/C12H23N3O2/c1-4-5-6-11-13-12(17-14-11)9-15(3)8-7-10(2)16/h10,16H,4-9H2,1-3H3. The third kappa shape index (κ3) is 5.79. The van der Waals surface area contributed by atoms with E-state index in [1.54, 1.807) is 6.92 Å². The average Bonchev–Trinajstić information content (AvgIpc) is 2.71. The van der Waals surface area contributed by atoms with Gasteiger partial charge in [-0.3, -0.25) is 4.90 Å². The maximum atomic E-state index is 9.19. The molecule has 0 saturated carbocycles. The maximum Gasteiger partial charge on any atom is 0.240 e. The summed E-state index contributed by atoms with van der Waals surface area (Å²) in [5, 5.41) is 13.1. The molecule has 1 rings (SSSR count). The van der Waals surface area contributed by atoms with E-state index in [9.17, 15) is 5.11 Å². The van der Waals surface area contributed by atoms with Crippen LogP contribution in [0.4, 0.5) is 0 Å². The van der Waals surface area contributed by atoms with Gasteiger partial charge in [0, 0.05) is 13.0 Å². The molecular weight excluding hydrogens is 218 g/mol. The summed E-state index contributed by atoms with van der Waals surface area (Å²) in [6, 6.07) is 0. The molecule has 5 heteroatoms. The molecule has 17 heavy (non-hydrogen) atoms. The van der Waals surface area contributed by atoms with Crippen molar-refractivity contribution in [2.75, 3.05) is 13.6 Å². The van der Waals surface area contributed by atoms with Gasteiger partial charge in [-0.05, 0) is 26.8 Å². The van der Waals surface area contributed by atoms with Gasteiger partial charge in [0.15, 0.2) is 5.82 Å². The minimum atomic E-state index is -0.264. The zero-order chi connectivity index (χ0) is 12.7. The van der Waals surface area contributed by atoms with Crippen molar-refractivity contribution in [2.24, 2.45) is 0 Å². The first kappa shape index (κ1) is 14.1. The Morgan fingerprint density at radius 3 is 2.88 bits per heavy atom. The molecule has 1 aromatic heterocycles. The van der Waals surface area contributed by atoms with Crippen molar-refractivity contribution in [3.05, 3.63) is 11.7 Å². The SMILES string of the molecule is CCCCc1noc(CN(C)CCC(C)O)n1. The molecule has 0 amide bonds. The summed E-state index contributed by atoms with van der Waals surface area (Å²) in [7, 11) is 1.98. The number of aliphatic hydroxyl groups is 1. The second kappa shape index (κ2) is 7.40. The molecule has 0 saturated heterocycles. The Balaban J connectivity index is 2.32. The average molecular weight is 241 g/mol. The summed E-state index contributed by atoms with van der Waals surface area (Å²) in [5.41, 5.74) is 0. The van der Waals surface area contributed by atoms with E-state index in [-0.39, 0.29) is 6.10 Å². The molecule has 5 nitrogen and oxygen atoms in total. The Labute approximate surface area is 103 Å². The number of hydrogen-bond donors (Lipinski definition) is 1. The molecule has 0 aromatic carbocycles. The number of aliphatic hydroxyl groups excluding tert-OH is 1. The molecule has 1 atom stereocenters. The predicted molar refractivity (Wildman–Crippen MR) is 65.5 cm³/mol. The molecule has 0 radical (unpaired) electrons. The fourth-order valence-electron chi connectivity index (χ4n) is 1.51. The predicted octanol–water partition coefficient (Wildman–Crippen LogP) is 1.61. The molecule has 98 valence electrons. The zero-order valence-corrected chi connectivity index (χ0v) is 11.0. The van der Waals surface area contributed by atoms with Crippen LogP contribution in [-0.4, -0.2) is 39.8 Å². The largest absolute Gasteiger partial charge is 0.393 e. The van der Waals surface area contributed by atoms with Crippen molar-refractivity contribution in [2.45, 2.75) is 52.2 Å². The van der Waals surface area contributed by atoms with E-state index < -0.39 is 0 Å². The lowest BCUT2D eigenvalue weighted by atomic mass is 10.2. The van der Waals surface area contributed by atoms with E-state index in [4.69, 9.17) is 4.52 Å². The first-order chi connectivity index (χ1) is 8.11. The molecule has 1 aromatic rings. The summed E-state index contributed by atoms with van der Waals surface area (Å²) >= 11 is 0. The summed E-state index contributed by atoms with van der Waals surface area (Å²) < 4.78 is 5.17. The van der Waals surface area contributed by atoms with Crippen molar-refractivity contribution >= 4 is 0 Å². The molecule has 0 aliphatic rings. The molecule has 1 heterocycles. The zero-order valence-electron chi connectivity index (χ0n) is 11.0. The smallest absolute Gasteiger partial charge is 0.240 e. The molecule has 1 unspecified atom stereocenters. The summed E-state index contributed by atoms with van der Waals surface area (Å²) in [6.45, 7) is 5.41. The van der Waals surface area contributed by atoms with Crippen LogP contribution in [0.3, 0.4) is 0 Å². The number of aryl methyl sites for hydroxylation is 1. The van der Waals surface area contributed by atoms with Gasteiger partial charge in [0.05, 0.1) is 12.6 Å². The van der Waals surface area contributed by atoms with E-state index in [0.29, 0.717) is 12.4 Å². The van der Waals surface area contributed by atoms with Crippen LogP contribution in [0.1, 0.15) is 44.8 Å². The lowest BCUT2D eigenvalue weighted by molar-refractivity contribution is 0.158. The van der Waals surface area contributed by atoms with Gasteiger partial charge in [0.1, 0.15) is 0 Å². The van der Waals surface area contributed by atoms with Crippen molar-refractivity contribution in [3.63, 3.8) is 0 Å². The molecule has 0 aliphatic heterocycles. The minimum absolute atomic E-state index is 0.264. The van der Waals surface area contributed by atoms with E-state index in [0.717, 1.165) is 38.1 Å². The molecule has 0 aliphatic carbocycles. The van der Waals surface area contributed by atoms with Crippen LogP contribution in [0.25, 0.3) is 0 Å². The highest BCUT2D eigenvalue weighted by Gasteiger charge is 2.09. The second-order valence-corrected chi connectivity index (χ2v) is 4.58. The normalized spacial score (nSPS) is 13.2. The summed E-state index contributed by atoms with van der Waals surface area (Å²) in [4.78, 5) is 6.41. The molecular formula is C12H23N3O2.